The van der Waals surface area contributed by atoms with Gasteiger partial charge in [-0.1, -0.05) is 18.7 Å². The summed E-state index contributed by atoms with van der Waals surface area (Å²) in [5.74, 6) is 1.97. The molecule has 0 spiro atoms. The molecule has 0 bridgehead atoms. The molecule has 0 aliphatic heterocycles. The Hall–Kier alpha value is -1.42. The van der Waals surface area contributed by atoms with Crippen molar-refractivity contribution in [2.24, 2.45) is 0 Å². The van der Waals surface area contributed by atoms with E-state index in [0.717, 1.165) is 11.5 Å². The number of hydrogen-bond donors (Lipinski definition) is 0. The van der Waals surface area contributed by atoms with Crippen LogP contribution in [-0.4, -0.2) is 25.4 Å². The Morgan fingerprint density at radius 3 is 2.56 bits per heavy atom. The highest BCUT2D eigenvalue weighted by molar-refractivity contribution is 7.98. The highest BCUT2D eigenvalue weighted by Gasteiger charge is 2.07. The minimum atomic E-state index is -0.306. The number of rotatable bonds is 7. The van der Waals surface area contributed by atoms with Crippen molar-refractivity contribution in [3.63, 3.8) is 0 Å². The number of benzene rings is 1. The molecule has 0 atom stereocenters. The Bertz CT molecular complexity index is 398. The Labute approximate surface area is 112 Å². The van der Waals surface area contributed by atoms with Crippen LogP contribution in [-0.2, 0) is 15.3 Å². The van der Waals surface area contributed by atoms with E-state index in [1.165, 1.54) is 5.56 Å². The summed E-state index contributed by atoms with van der Waals surface area (Å²) < 4.78 is 9.96. The van der Waals surface area contributed by atoms with Gasteiger partial charge < -0.3 is 9.47 Å². The Balaban J connectivity index is 2.32. The van der Waals surface area contributed by atoms with E-state index in [-0.39, 0.29) is 5.97 Å². The molecule has 0 aliphatic rings. The number of carbonyl (C=O) groups excluding carboxylic acids is 1. The summed E-state index contributed by atoms with van der Waals surface area (Å²) in [6, 6.07) is 7.88. The smallest absolute Gasteiger partial charge is 0.334 e. The van der Waals surface area contributed by atoms with Gasteiger partial charge in [0.1, 0.15) is 5.75 Å². The molecule has 0 heterocycles. The molecule has 0 fully saturated rings. The molecule has 0 N–H and O–H groups in total. The first-order valence-electron chi connectivity index (χ1n) is 5.73. The molecule has 1 aromatic rings. The molecule has 1 rings (SSSR count). The second-order valence-electron chi connectivity index (χ2n) is 3.66. The van der Waals surface area contributed by atoms with E-state index in [4.69, 9.17) is 9.47 Å². The van der Waals surface area contributed by atoms with E-state index in [1.54, 1.807) is 25.8 Å². The lowest BCUT2D eigenvalue weighted by atomic mass is 10.2. The highest BCUT2D eigenvalue weighted by Crippen LogP contribution is 2.18. The number of thioether (sulfide) groups is 1. The van der Waals surface area contributed by atoms with Crippen molar-refractivity contribution >= 4 is 17.7 Å². The topological polar surface area (TPSA) is 35.5 Å². The van der Waals surface area contributed by atoms with Crippen LogP contribution in [0.15, 0.2) is 36.4 Å². The zero-order valence-corrected chi connectivity index (χ0v) is 11.6. The minimum Gasteiger partial charge on any atom is -0.497 e. The molecule has 0 aliphatic carbocycles. The lowest BCUT2D eigenvalue weighted by Crippen LogP contribution is -2.08. The third-order valence-corrected chi connectivity index (χ3v) is 3.36. The predicted octanol–water partition coefficient (Wildman–Crippen LogP) is 3.05. The van der Waals surface area contributed by atoms with Crippen molar-refractivity contribution in [2.75, 3.05) is 19.5 Å². The first-order valence-corrected chi connectivity index (χ1v) is 6.88. The van der Waals surface area contributed by atoms with Crippen LogP contribution in [0.2, 0.25) is 0 Å². The monoisotopic (exact) mass is 266 g/mol. The van der Waals surface area contributed by atoms with Crippen molar-refractivity contribution < 1.29 is 14.3 Å². The molecule has 3 nitrogen and oxygen atoms in total. The highest BCUT2D eigenvalue weighted by atomic mass is 32.2. The van der Waals surface area contributed by atoms with Gasteiger partial charge in [0.15, 0.2) is 0 Å². The van der Waals surface area contributed by atoms with Gasteiger partial charge in [0.05, 0.1) is 13.7 Å². The van der Waals surface area contributed by atoms with Crippen LogP contribution < -0.4 is 4.74 Å². The van der Waals surface area contributed by atoms with Crippen LogP contribution in [0.25, 0.3) is 0 Å². The second-order valence-corrected chi connectivity index (χ2v) is 4.65. The van der Waals surface area contributed by atoms with Gasteiger partial charge >= 0.3 is 5.97 Å². The Morgan fingerprint density at radius 2 is 2.00 bits per heavy atom. The Kier molecular flexibility index (Phi) is 6.36. The van der Waals surface area contributed by atoms with Gasteiger partial charge in [0.2, 0.25) is 0 Å². The number of methoxy groups -OCH3 is 1. The van der Waals surface area contributed by atoms with Crippen molar-refractivity contribution in [3.8, 4) is 5.75 Å². The minimum absolute atomic E-state index is 0.306. The van der Waals surface area contributed by atoms with Crippen molar-refractivity contribution in [1.82, 2.24) is 0 Å². The predicted molar refractivity (Wildman–Crippen MR) is 74.9 cm³/mol. The van der Waals surface area contributed by atoms with Gasteiger partial charge in [-0.25, -0.2) is 4.79 Å². The van der Waals surface area contributed by atoms with E-state index < -0.39 is 0 Å². The summed E-state index contributed by atoms with van der Waals surface area (Å²) in [4.78, 5) is 11.3. The number of esters is 1. The SMILES string of the molecule is C=C(CSCc1ccc(OC)cc1)C(=O)OCC. The van der Waals surface area contributed by atoms with Crippen LogP contribution in [0, 0.1) is 0 Å². The summed E-state index contributed by atoms with van der Waals surface area (Å²) >= 11 is 1.64. The number of ether oxygens (including phenoxy) is 2. The standard InChI is InChI=1S/C14H18O3S/c1-4-17-14(15)11(2)9-18-10-12-5-7-13(16-3)8-6-12/h5-8H,2,4,9-10H2,1,3H3. The third kappa shape index (κ3) is 4.84. The zero-order chi connectivity index (χ0) is 13.4. The van der Waals surface area contributed by atoms with Gasteiger partial charge in [-0.2, -0.15) is 11.8 Å². The summed E-state index contributed by atoms with van der Waals surface area (Å²) in [5, 5.41) is 0. The maximum atomic E-state index is 11.3. The molecule has 18 heavy (non-hydrogen) atoms. The number of carbonyl (C=O) groups is 1. The van der Waals surface area contributed by atoms with Crippen LogP contribution >= 0.6 is 11.8 Å². The van der Waals surface area contributed by atoms with Crippen molar-refractivity contribution in [3.05, 3.63) is 42.0 Å². The average molecular weight is 266 g/mol. The fraction of sp³-hybridized carbons (Fsp3) is 0.357. The molecule has 0 unspecified atom stereocenters. The van der Waals surface area contributed by atoms with E-state index in [2.05, 4.69) is 6.58 Å². The van der Waals surface area contributed by atoms with Crippen LogP contribution in [0.5, 0.6) is 5.75 Å². The van der Waals surface area contributed by atoms with E-state index in [0.29, 0.717) is 17.9 Å². The fourth-order valence-electron chi connectivity index (χ4n) is 1.31. The van der Waals surface area contributed by atoms with Gasteiger partial charge in [0, 0.05) is 17.1 Å². The quantitative estimate of drug-likeness (QED) is 0.561. The lowest BCUT2D eigenvalue weighted by molar-refractivity contribution is -0.138. The fourth-order valence-corrected chi connectivity index (χ4v) is 2.20. The first-order chi connectivity index (χ1) is 8.67. The molecule has 1 aromatic carbocycles. The van der Waals surface area contributed by atoms with E-state index >= 15 is 0 Å². The van der Waals surface area contributed by atoms with Crippen LogP contribution in [0.4, 0.5) is 0 Å². The third-order valence-electron chi connectivity index (χ3n) is 2.27. The molecular formula is C14H18O3S. The zero-order valence-electron chi connectivity index (χ0n) is 10.8. The average Bonchev–Trinajstić information content (AvgIpc) is 2.39. The van der Waals surface area contributed by atoms with E-state index in [1.807, 2.05) is 24.3 Å². The van der Waals surface area contributed by atoms with Crippen LogP contribution in [0.1, 0.15) is 12.5 Å². The van der Waals surface area contributed by atoms with Gasteiger partial charge in [-0.05, 0) is 24.6 Å². The maximum absolute atomic E-state index is 11.3. The largest absolute Gasteiger partial charge is 0.497 e. The molecule has 0 aromatic heterocycles. The molecule has 0 radical (unpaired) electrons. The van der Waals surface area contributed by atoms with Gasteiger partial charge in [0.25, 0.3) is 0 Å². The van der Waals surface area contributed by atoms with Crippen LogP contribution in [0.3, 0.4) is 0 Å². The molecule has 0 saturated heterocycles. The molecule has 0 saturated carbocycles. The molecule has 0 amide bonds. The van der Waals surface area contributed by atoms with E-state index in [9.17, 15) is 4.79 Å². The Morgan fingerprint density at radius 1 is 1.33 bits per heavy atom. The summed E-state index contributed by atoms with van der Waals surface area (Å²) in [6.45, 7) is 5.89. The summed E-state index contributed by atoms with van der Waals surface area (Å²) in [6.07, 6.45) is 0. The second kappa shape index (κ2) is 7.82. The molecule has 4 heteroatoms. The number of hydrogen-bond acceptors (Lipinski definition) is 4. The summed E-state index contributed by atoms with van der Waals surface area (Å²) in [5.41, 5.74) is 1.70. The maximum Gasteiger partial charge on any atom is 0.334 e. The van der Waals surface area contributed by atoms with Crippen molar-refractivity contribution in [2.45, 2.75) is 12.7 Å². The normalized spacial score (nSPS) is 9.89. The van der Waals surface area contributed by atoms with Gasteiger partial charge in [-0.3, -0.25) is 0 Å². The molecular weight excluding hydrogens is 248 g/mol. The lowest BCUT2D eigenvalue weighted by Gasteiger charge is -2.06. The van der Waals surface area contributed by atoms with Crippen molar-refractivity contribution in [1.29, 1.82) is 0 Å². The molecule has 98 valence electrons. The summed E-state index contributed by atoms with van der Waals surface area (Å²) in [7, 11) is 1.65. The van der Waals surface area contributed by atoms with Gasteiger partial charge in [-0.15, -0.1) is 0 Å². The first kappa shape index (κ1) is 14.6.